The number of halogens is 5. The van der Waals surface area contributed by atoms with Gasteiger partial charge in [-0.15, -0.1) is 24.8 Å². The third kappa shape index (κ3) is 3.84. The molecule has 0 spiro atoms. The maximum atomic E-state index is 12.0. The van der Waals surface area contributed by atoms with Crippen molar-refractivity contribution < 1.29 is 22.8 Å². The Hall–Kier alpha value is -0.840. The van der Waals surface area contributed by atoms with Gasteiger partial charge in [0.1, 0.15) is 0 Å². The zero-order chi connectivity index (χ0) is 13.2. The zero-order valence-corrected chi connectivity index (χ0v) is 10.7. The van der Waals surface area contributed by atoms with Gasteiger partial charge in [0, 0.05) is 11.6 Å². The fraction of sp³-hybridized carbons (Fsp3) is 0.286. The second-order valence-corrected chi connectivity index (χ2v) is 3.99. The Labute approximate surface area is 111 Å². The van der Waals surface area contributed by atoms with Crippen LogP contribution in [0.4, 0.5) is 18.9 Å². The van der Waals surface area contributed by atoms with Gasteiger partial charge in [-0.05, 0) is 22.6 Å². The molecule has 0 saturated heterocycles. The summed E-state index contributed by atoms with van der Waals surface area (Å²) in [6.07, 6.45) is -4.92. The number of ether oxygens (including phenoxy) is 1. The molecule has 0 aliphatic rings. The standard InChI is InChI=1S/C7H3ClF3IN2O3/c8-2-3-1-4(14(15)16)5(12)13-6(3)17-7(9,10)11/h1H,2H2. The van der Waals surface area contributed by atoms with Crippen LogP contribution in [-0.4, -0.2) is 16.3 Å². The van der Waals surface area contributed by atoms with Crippen molar-refractivity contribution in [1.29, 1.82) is 0 Å². The molecule has 17 heavy (non-hydrogen) atoms. The Morgan fingerprint density at radius 2 is 2.18 bits per heavy atom. The SMILES string of the molecule is O=[N+]([O-])c1cc(CCl)c(OC(F)(F)F)nc1I. The van der Waals surface area contributed by atoms with E-state index in [2.05, 4.69) is 9.72 Å². The summed E-state index contributed by atoms with van der Waals surface area (Å²) < 4.78 is 39.4. The highest BCUT2D eigenvalue weighted by atomic mass is 127. The molecular weight excluding hydrogens is 379 g/mol. The summed E-state index contributed by atoms with van der Waals surface area (Å²) in [6.45, 7) is 0. The van der Waals surface area contributed by atoms with E-state index in [1.807, 2.05) is 0 Å². The number of nitrogens with zero attached hydrogens (tertiary/aromatic N) is 2. The molecule has 0 unspecified atom stereocenters. The summed E-state index contributed by atoms with van der Waals surface area (Å²) in [4.78, 5) is 13.1. The minimum absolute atomic E-state index is 0.198. The van der Waals surface area contributed by atoms with E-state index >= 15 is 0 Å². The minimum Gasteiger partial charge on any atom is -0.387 e. The second-order valence-electron chi connectivity index (χ2n) is 2.70. The molecule has 1 rings (SSSR count). The van der Waals surface area contributed by atoms with Crippen molar-refractivity contribution in [2.24, 2.45) is 0 Å². The lowest BCUT2D eigenvalue weighted by Crippen LogP contribution is -2.19. The van der Waals surface area contributed by atoms with E-state index in [1.54, 1.807) is 0 Å². The van der Waals surface area contributed by atoms with Crippen LogP contribution in [0, 0.1) is 13.8 Å². The average Bonchev–Trinajstić information content (AvgIpc) is 2.14. The first kappa shape index (κ1) is 14.2. The van der Waals surface area contributed by atoms with E-state index < -0.39 is 22.9 Å². The average molecular weight is 382 g/mol. The molecule has 0 aliphatic heterocycles. The van der Waals surface area contributed by atoms with Crippen LogP contribution in [-0.2, 0) is 5.88 Å². The largest absolute Gasteiger partial charge is 0.574 e. The van der Waals surface area contributed by atoms with Crippen molar-refractivity contribution in [2.45, 2.75) is 12.2 Å². The van der Waals surface area contributed by atoms with Crippen molar-refractivity contribution in [3.63, 3.8) is 0 Å². The monoisotopic (exact) mass is 382 g/mol. The van der Waals surface area contributed by atoms with Gasteiger partial charge in [0.2, 0.25) is 5.88 Å². The Kier molecular flexibility index (Phi) is 4.36. The quantitative estimate of drug-likeness (QED) is 0.265. The molecule has 0 N–H and O–H groups in total. The lowest BCUT2D eigenvalue weighted by molar-refractivity contribution is -0.386. The van der Waals surface area contributed by atoms with Crippen molar-refractivity contribution in [1.82, 2.24) is 4.98 Å². The van der Waals surface area contributed by atoms with Crippen LogP contribution in [0.3, 0.4) is 0 Å². The van der Waals surface area contributed by atoms with E-state index in [-0.39, 0.29) is 15.1 Å². The summed E-state index contributed by atoms with van der Waals surface area (Å²) in [6, 6.07) is 0.906. The molecule has 94 valence electrons. The fourth-order valence-corrected chi connectivity index (χ4v) is 1.69. The van der Waals surface area contributed by atoms with Crippen molar-refractivity contribution in [2.75, 3.05) is 0 Å². The predicted molar refractivity (Wildman–Crippen MR) is 59.8 cm³/mol. The molecule has 1 aromatic heterocycles. The highest BCUT2D eigenvalue weighted by Crippen LogP contribution is 2.31. The van der Waals surface area contributed by atoms with Crippen molar-refractivity contribution in [3.8, 4) is 5.88 Å². The highest BCUT2D eigenvalue weighted by Gasteiger charge is 2.34. The van der Waals surface area contributed by atoms with Crippen LogP contribution in [0.1, 0.15) is 5.56 Å². The third-order valence-corrected chi connectivity index (χ3v) is 2.63. The lowest BCUT2D eigenvalue weighted by atomic mass is 10.3. The van der Waals surface area contributed by atoms with Gasteiger partial charge in [-0.25, -0.2) is 0 Å². The summed E-state index contributed by atoms with van der Waals surface area (Å²) in [5.74, 6) is -1.15. The molecular formula is C7H3ClF3IN2O3. The van der Waals surface area contributed by atoms with E-state index in [0.29, 0.717) is 0 Å². The third-order valence-electron chi connectivity index (χ3n) is 1.55. The smallest absolute Gasteiger partial charge is 0.387 e. The molecule has 0 amide bonds. The maximum absolute atomic E-state index is 12.0. The normalized spacial score (nSPS) is 11.4. The van der Waals surface area contributed by atoms with Gasteiger partial charge >= 0.3 is 12.0 Å². The Balaban J connectivity index is 3.24. The molecule has 0 saturated carbocycles. The minimum atomic E-state index is -4.92. The number of alkyl halides is 4. The molecule has 10 heteroatoms. The van der Waals surface area contributed by atoms with Gasteiger partial charge in [0.15, 0.2) is 3.70 Å². The van der Waals surface area contributed by atoms with Crippen molar-refractivity contribution in [3.05, 3.63) is 25.4 Å². The molecule has 1 aromatic rings. The number of aromatic nitrogens is 1. The maximum Gasteiger partial charge on any atom is 0.574 e. The molecule has 0 aromatic carbocycles. The van der Waals surface area contributed by atoms with Crippen LogP contribution in [0.15, 0.2) is 6.07 Å². The molecule has 5 nitrogen and oxygen atoms in total. The lowest BCUT2D eigenvalue weighted by Gasteiger charge is -2.11. The van der Waals surface area contributed by atoms with Crippen LogP contribution in [0.5, 0.6) is 5.88 Å². The van der Waals surface area contributed by atoms with E-state index in [1.165, 1.54) is 22.6 Å². The summed E-state index contributed by atoms with van der Waals surface area (Å²) in [7, 11) is 0. The summed E-state index contributed by atoms with van der Waals surface area (Å²) >= 11 is 6.82. The second kappa shape index (κ2) is 5.21. The van der Waals surface area contributed by atoms with Gasteiger partial charge in [-0.3, -0.25) is 10.1 Å². The highest BCUT2D eigenvalue weighted by molar-refractivity contribution is 14.1. The van der Waals surface area contributed by atoms with E-state index in [9.17, 15) is 23.3 Å². The van der Waals surface area contributed by atoms with Crippen LogP contribution in [0.25, 0.3) is 0 Å². The van der Waals surface area contributed by atoms with Crippen molar-refractivity contribution >= 4 is 39.9 Å². The molecule has 0 radical (unpaired) electrons. The Bertz CT molecular complexity index is 455. The zero-order valence-electron chi connectivity index (χ0n) is 7.79. The first-order valence-corrected chi connectivity index (χ1v) is 5.51. The number of nitro groups is 1. The number of rotatable bonds is 3. The van der Waals surface area contributed by atoms with Gasteiger partial charge in [0.25, 0.3) is 0 Å². The van der Waals surface area contributed by atoms with Gasteiger partial charge in [-0.1, -0.05) is 0 Å². The van der Waals surface area contributed by atoms with E-state index in [4.69, 9.17) is 11.6 Å². The van der Waals surface area contributed by atoms with Gasteiger partial charge in [-0.2, -0.15) is 4.98 Å². The first-order chi connectivity index (χ1) is 7.74. The Morgan fingerprint density at radius 3 is 2.59 bits per heavy atom. The number of hydrogen-bond acceptors (Lipinski definition) is 4. The first-order valence-electron chi connectivity index (χ1n) is 3.90. The van der Waals surface area contributed by atoms with Gasteiger partial charge < -0.3 is 4.74 Å². The molecule has 0 fully saturated rings. The number of hydrogen-bond donors (Lipinski definition) is 0. The number of pyridine rings is 1. The molecule has 0 aliphatic carbocycles. The topological polar surface area (TPSA) is 65.3 Å². The molecule has 1 heterocycles. The summed E-state index contributed by atoms with van der Waals surface area (Å²) in [5.41, 5.74) is -0.619. The molecule has 0 bridgehead atoms. The van der Waals surface area contributed by atoms with E-state index in [0.717, 1.165) is 6.07 Å². The predicted octanol–water partition coefficient (Wildman–Crippen LogP) is 3.23. The van der Waals surface area contributed by atoms with Crippen LogP contribution < -0.4 is 4.74 Å². The molecule has 0 atom stereocenters. The summed E-state index contributed by atoms with van der Waals surface area (Å²) in [5, 5.41) is 10.5. The van der Waals surface area contributed by atoms with Gasteiger partial charge in [0.05, 0.1) is 10.8 Å². The van der Waals surface area contributed by atoms with Crippen LogP contribution >= 0.6 is 34.2 Å². The van der Waals surface area contributed by atoms with Crippen LogP contribution in [0.2, 0.25) is 0 Å². The Morgan fingerprint density at radius 1 is 1.59 bits per heavy atom. The fourth-order valence-electron chi connectivity index (χ4n) is 0.926.